The largest absolute Gasteiger partial charge is 0.461 e. The SMILES string of the molecule is CC[C@H](C)CC(F)(F)C(=O)CC[C@H]1[C@H](C)CC(=O)[C@@H]1CCCCCCC(=O)OCc1ccccc1. The van der Waals surface area contributed by atoms with Crippen LogP contribution in [0.5, 0.6) is 0 Å². The number of benzene rings is 1. The minimum Gasteiger partial charge on any atom is -0.461 e. The molecule has 1 aromatic carbocycles. The van der Waals surface area contributed by atoms with E-state index in [0.29, 0.717) is 25.7 Å². The second-order valence-electron chi connectivity index (χ2n) is 10.4. The van der Waals surface area contributed by atoms with Crippen molar-refractivity contribution in [1.82, 2.24) is 0 Å². The van der Waals surface area contributed by atoms with Crippen LogP contribution >= 0.6 is 0 Å². The zero-order chi connectivity index (χ0) is 25.8. The molecule has 1 aromatic rings. The van der Waals surface area contributed by atoms with Crippen molar-refractivity contribution in [2.24, 2.45) is 23.7 Å². The van der Waals surface area contributed by atoms with Crippen LogP contribution in [0.3, 0.4) is 0 Å². The van der Waals surface area contributed by atoms with Crippen LogP contribution in [0.15, 0.2) is 30.3 Å². The van der Waals surface area contributed by atoms with Crippen molar-refractivity contribution in [2.45, 2.75) is 104 Å². The number of carbonyl (C=O) groups is 3. The van der Waals surface area contributed by atoms with Crippen LogP contribution < -0.4 is 0 Å². The molecular formula is C29H42F2O4. The van der Waals surface area contributed by atoms with Gasteiger partial charge in [-0.3, -0.25) is 14.4 Å². The van der Waals surface area contributed by atoms with Crippen molar-refractivity contribution in [3.63, 3.8) is 0 Å². The van der Waals surface area contributed by atoms with Gasteiger partial charge in [0.15, 0.2) is 0 Å². The molecule has 0 bridgehead atoms. The van der Waals surface area contributed by atoms with Gasteiger partial charge in [-0.15, -0.1) is 0 Å². The van der Waals surface area contributed by atoms with Crippen molar-refractivity contribution in [1.29, 1.82) is 0 Å². The molecule has 0 heterocycles. The summed E-state index contributed by atoms with van der Waals surface area (Å²) < 4.78 is 33.8. The average molecular weight is 493 g/mol. The first-order valence-corrected chi connectivity index (χ1v) is 13.3. The molecule has 1 aliphatic rings. The quantitative estimate of drug-likeness (QED) is 0.179. The summed E-state index contributed by atoms with van der Waals surface area (Å²) in [5.41, 5.74) is 0.965. The first-order chi connectivity index (χ1) is 16.6. The Hall–Kier alpha value is -2.11. The molecule has 0 amide bonds. The maximum Gasteiger partial charge on any atom is 0.306 e. The topological polar surface area (TPSA) is 60.4 Å². The summed E-state index contributed by atoms with van der Waals surface area (Å²) >= 11 is 0. The summed E-state index contributed by atoms with van der Waals surface area (Å²) in [4.78, 5) is 36.6. The number of hydrogen-bond donors (Lipinski definition) is 0. The number of alkyl halides is 2. The monoisotopic (exact) mass is 492 g/mol. The van der Waals surface area contributed by atoms with E-state index in [4.69, 9.17) is 4.74 Å². The highest BCUT2D eigenvalue weighted by Crippen LogP contribution is 2.41. The smallest absolute Gasteiger partial charge is 0.306 e. The molecule has 0 saturated heterocycles. The first kappa shape index (κ1) is 29.1. The fourth-order valence-corrected chi connectivity index (χ4v) is 5.09. The van der Waals surface area contributed by atoms with Gasteiger partial charge in [0.2, 0.25) is 5.78 Å². The number of Topliss-reactive ketones (excluding diaryl/α,β-unsaturated/α-hetero) is 2. The van der Waals surface area contributed by atoms with Crippen LogP contribution in [0.2, 0.25) is 0 Å². The van der Waals surface area contributed by atoms with E-state index in [1.54, 1.807) is 6.92 Å². The highest BCUT2D eigenvalue weighted by atomic mass is 19.3. The van der Waals surface area contributed by atoms with E-state index in [-0.39, 0.29) is 48.5 Å². The van der Waals surface area contributed by atoms with Gasteiger partial charge in [0.05, 0.1) is 0 Å². The van der Waals surface area contributed by atoms with Crippen molar-refractivity contribution >= 4 is 17.5 Å². The molecule has 0 radical (unpaired) electrons. The van der Waals surface area contributed by atoms with E-state index in [1.165, 1.54) is 0 Å². The molecule has 0 aromatic heterocycles. The molecule has 1 saturated carbocycles. The predicted molar refractivity (Wildman–Crippen MR) is 133 cm³/mol. The first-order valence-electron chi connectivity index (χ1n) is 13.3. The van der Waals surface area contributed by atoms with Crippen LogP contribution in [0.4, 0.5) is 8.78 Å². The molecule has 4 nitrogen and oxygen atoms in total. The number of esters is 1. The van der Waals surface area contributed by atoms with Crippen molar-refractivity contribution in [2.75, 3.05) is 0 Å². The Bertz CT molecular complexity index is 808. The van der Waals surface area contributed by atoms with Crippen LogP contribution in [0.25, 0.3) is 0 Å². The van der Waals surface area contributed by atoms with Crippen LogP contribution in [-0.2, 0) is 25.7 Å². The van der Waals surface area contributed by atoms with E-state index < -0.39 is 18.1 Å². The second kappa shape index (κ2) is 14.4. The van der Waals surface area contributed by atoms with E-state index >= 15 is 0 Å². The van der Waals surface area contributed by atoms with Crippen molar-refractivity contribution in [3.8, 4) is 0 Å². The molecule has 0 aliphatic heterocycles. The minimum atomic E-state index is -3.28. The van der Waals surface area contributed by atoms with Crippen LogP contribution in [-0.4, -0.2) is 23.5 Å². The molecule has 1 fully saturated rings. The van der Waals surface area contributed by atoms with Crippen molar-refractivity contribution < 1.29 is 27.9 Å². The summed E-state index contributed by atoms with van der Waals surface area (Å²) in [5.74, 6) is -4.48. The van der Waals surface area contributed by atoms with Gasteiger partial charge < -0.3 is 4.74 Å². The van der Waals surface area contributed by atoms with Crippen LogP contribution in [0.1, 0.15) is 97.0 Å². The molecule has 35 heavy (non-hydrogen) atoms. The molecule has 0 N–H and O–H groups in total. The van der Waals surface area contributed by atoms with Gasteiger partial charge in [-0.25, -0.2) is 0 Å². The molecule has 1 aliphatic carbocycles. The summed E-state index contributed by atoms with van der Waals surface area (Å²) in [5, 5.41) is 0. The summed E-state index contributed by atoms with van der Waals surface area (Å²) in [6.07, 6.45) is 5.38. The summed E-state index contributed by atoms with van der Waals surface area (Å²) in [7, 11) is 0. The summed E-state index contributed by atoms with van der Waals surface area (Å²) in [6, 6.07) is 9.57. The Balaban J connectivity index is 1.67. The maximum absolute atomic E-state index is 14.3. The van der Waals surface area contributed by atoms with E-state index in [9.17, 15) is 23.2 Å². The third kappa shape index (κ3) is 9.81. The average Bonchev–Trinajstić information content (AvgIpc) is 3.10. The second-order valence-corrected chi connectivity index (χ2v) is 10.4. The lowest BCUT2D eigenvalue weighted by Gasteiger charge is -2.23. The Labute approximate surface area is 209 Å². The zero-order valence-corrected chi connectivity index (χ0v) is 21.6. The van der Waals surface area contributed by atoms with Gasteiger partial charge in [0.25, 0.3) is 0 Å². The minimum absolute atomic E-state index is 0.00110. The van der Waals surface area contributed by atoms with Gasteiger partial charge in [-0.05, 0) is 42.6 Å². The zero-order valence-electron chi connectivity index (χ0n) is 21.6. The summed E-state index contributed by atoms with van der Waals surface area (Å²) in [6.45, 7) is 5.86. The van der Waals surface area contributed by atoms with Crippen LogP contribution in [0, 0.1) is 23.7 Å². The highest BCUT2D eigenvalue weighted by Gasteiger charge is 2.42. The Morgan fingerprint density at radius 2 is 1.74 bits per heavy atom. The predicted octanol–water partition coefficient (Wildman–Crippen LogP) is 7.33. The lowest BCUT2D eigenvalue weighted by molar-refractivity contribution is -0.146. The molecule has 0 spiro atoms. The fraction of sp³-hybridized carbons (Fsp3) is 0.690. The lowest BCUT2D eigenvalue weighted by Crippen LogP contribution is -2.31. The molecule has 0 unspecified atom stereocenters. The Morgan fingerprint density at radius 3 is 2.43 bits per heavy atom. The molecule has 6 heteroatoms. The molecule has 196 valence electrons. The third-order valence-electron chi connectivity index (χ3n) is 7.49. The Kier molecular flexibility index (Phi) is 12.0. The molecule has 2 rings (SSSR count). The maximum atomic E-state index is 14.3. The normalized spacial score (nSPS) is 21.2. The van der Waals surface area contributed by atoms with E-state index in [0.717, 1.165) is 37.7 Å². The van der Waals surface area contributed by atoms with Gasteiger partial charge >= 0.3 is 11.9 Å². The Morgan fingerprint density at radius 1 is 1.06 bits per heavy atom. The number of hydrogen-bond acceptors (Lipinski definition) is 4. The fourth-order valence-electron chi connectivity index (χ4n) is 5.09. The highest BCUT2D eigenvalue weighted by molar-refractivity contribution is 5.86. The van der Waals surface area contributed by atoms with Gasteiger partial charge in [-0.1, -0.05) is 76.8 Å². The van der Waals surface area contributed by atoms with Gasteiger partial charge in [-0.2, -0.15) is 8.78 Å². The number of unbranched alkanes of at least 4 members (excludes halogenated alkanes) is 3. The number of ketones is 2. The number of ether oxygens (including phenoxy) is 1. The number of rotatable bonds is 16. The number of halogens is 2. The van der Waals surface area contributed by atoms with Gasteiger partial charge in [0, 0.05) is 31.6 Å². The van der Waals surface area contributed by atoms with E-state index in [2.05, 4.69) is 0 Å². The molecule has 4 atom stereocenters. The standard InChI is InChI=1S/C29H42F2O4/c1-4-21(2)19-29(30,31)27(33)17-16-24-22(3)18-26(32)25(24)14-10-5-6-11-15-28(34)35-20-23-12-8-7-9-13-23/h7-9,12-13,21-22,24-25H,4-6,10-11,14-20H2,1-3H3/t21-,22+,24-,25+/m0/s1. The number of carbonyl (C=O) groups excluding carboxylic acids is 3. The van der Waals surface area contributed by atoms with Gasteiger partial charge in [0.1, 0.15) is 12.4 Å². The molecular weight excluding hydrogens is 450 g/mol. The third-order valence-corrected chi connectivity index (χ3v) is 7.49. The van der Waals surface area contributed by atoms with Crippen molar-refractivity contribution in [3.05, 3.63) is 35.9 Å². The lowest BCUT2D eigenvalue weighted by atomic mass is 9.82. The van der Waals surface area contributed by atoms with E-state index in [1.807, 2.05) is 44.2 Å².